The molecule has 1 fully saturated rings. The molecule has 2 unspecified atom stereocenters. The van der Waals surface area contributed by atoms with Gasteiger partial charge < -0.3 is 19.6 Å². The second-order valence-electron chi connectivity index (χ2n) is 4.66. The summed E-state index contributed by atoms with van der Waals surface area (Å²) >= 11 is 0. The minimum atomic E-state index is -0.691. The van der Waals surface area contributed by atoms with E-state index in [1.165, 1.54) is 12.0 Å². The van der Waals surface area contributed by atoms with Crippen molar-refractivity contribution >= 4 is 11.8 Å². The van der Waals surface area contributed by atoms with Crippen LogP contribution in [0, 0.1) is 5.92 Å². The van der Waals surface area contributed by atoms with Gasteiger partial charge in [-0.3, -0.25) is 9.59 Å². The first-order valence-electron chi connectivity index (χ1n) is 6.19. The molecule has 1 rings (SSSR count). The van der Waals surface area contributed by atoms with E-state index in [-0.39, 0.29) is 37.3 Å². The number of hydrogen-bond acceptors (Lipinski definition) is 4. The van der Waals surface area contributed by atoms with E-state index in [2.05, 4.69) is 0 Å². The quantitative estimate of drug-likeness (QED) is 0.685. The number of hydrogen-bond donors (Lipinski definition) is 1. The second kappa shape index (κ2) is 6.70. The molecule has 1 saturated heterocycles. The molecule has 104 valence electrons. The molecule has 6 heteroatoms. The number of carbonyl (C=O) groups excluding carboxylic acids is 2. The fourth-order valence-corrected chi connectivity index (χ4v) is 2.21. The van der Waals surface area contributed by atoms with Crippen LogP contribution in [0.3, 0.4) is 0 Å². The summed E-state index contributed by atoms with van der Waals surface area (Å²) < 4.78 is 4.81. The van der Waals surface area contributed by atoms with Crippen LogP contribution in [0.1, 0.15) is 13.3 Å². The first-order chi connectivity index (χ1) is 8.49. The van der Waals surface area contributed by atoms with Crippen molar-refractivity contribution in [2.24, 2.45) is 5.92 Å². The van der Waals surface area contributed by atoms with Gasteiger partial charge in [0.25, 0.3) is 0 Å². The largest absolute Gasteiger partial charge is 0.389 e. The zero-order valence-electron chi connectivity index (χ0n) is 11.3. The Bertz CT molecular complexity index is 308. The molecule has 2 amide bonds. The Morgan fingerprint density at radius 1 is 1.67 bits per heavy atom. The van der Waals surface area contributed by atoms with E-state index in [1.54, 1.807) is 11.9 Å². The van der Waals surface area contributed by atoms with Crippen molar-refractivity contribution < 1.29 is 19.4 Å². The van der Waals surface area contributed by atoms with Gasteiger partial charge in [-0.15, -0.1) is 0 Å². The summed E-state index contributed by atoms with van der Waals surface area (Å²) in [5.41, 5.74) is 0. The summed E-state index contributed by atoms with van der Waals surface area (Å²) in [4.78, 5) is 26.8. The molecule has 0 radical (unpaired) electrons. The van der Waals surface area contributed by atoms with Gasteiger partial charge in [0, 0.05) is 40.2 Å². The van der Waals surface area contributed by atoms with Crippen LogP contribution in [0.25, 0.3) is 0 Å². The van der Waals surface area contributed by atoms with Gasteiger partial charge in [0.1, 0.15) is 0 Å². The Morgan fingerprint density at radius 3 is 2.83 bits per heavy atom. The molecule has 0 aromatic heterocycles. The number of methoxy groups -OCH3 is 1. The van der Waals surface area contributed by atoms with Crippen LogP contribution in [-0.4, -0.2) is 73.2 Å². The fraction of sp³-hybridized carbons (Fsp3) is 0.833. The Morgan fingerprint density at radius 2 is 2.33 bits per heavy atom. The molecule has 2 atom stereocenters. The molecule has 0 saturated carbocycles. The van der Waals surface area contributed by atoms with Gasteiger partial charge in [0.15, 0.2) is 0 Å². The minimum absolute atomic E-state index is 0.0293. The summed E-state index contributed by atoms with van der Waals surface area (Å²) in [5.74, 6) is -0.340. The molecule has 0 aromatic carbocycles. The number of aliphatic hydroxyl groups is 1. The number of likely N-dealkylation sites (N-methyl/N-ethyl adjacent to an activating group) is 1. The third kappa shape index (κ3) is 3.68. The lowest BCUT2D eigenvalue weighted by Gasteiger charge is -2.23. The summed E-state index contributed by atoms with van der Waals surface area (Å²) in [6, 6.07) is 0. The second-order valence-corrected chi connectivity index (χ2v) is 4.66. The van der Waals surface area contributed by atoms with E-state index in [0.29, 0.717) is 13.1 Å². The fourth-order valence-electron chi connectivity index (χ4n) is 2.21. The molecule has 18 heavy (non-hydrogen) atoms. The molecule has 0 aromatic rings. The average Bonchev–Trinajstić information content (AvgIpc) is 2.69. The number of carbonyl (C=O) groups is 2. The van der Waals surface area contributed by atoms with Crippen molar-refractivity contribution in [1.82, 2.24) is 9.80 Å². The van der Waals surface area contributed by atoms with Gasteiger partial charge in [-0.2, -0.15) is 0 Å². The first-order valence-corrected chi connectivity index (χ1v) is 6.19. The monoisotopic (exact) mass is 258 g/mol. The molecule has 6 nitrogen and oxygen atoms in total. The SMILES string of the molecule is CCN1CC(C(=O)N(C)CC(O)COC)CC1=O. The van der Waals surface area contributed by atoms with Gasteiger partial charge >= 0.3 is 0 Å². The van der Waals surface area contributed by atoms with Crippen LogP contribution >= 0.6 is 0 Å². The smallest absolute Gasteiger partial charge is 0.227 e. The summed E-state index contributed by atoms with van der Waals surface area (Å²) in [7, 11) is 3.14. The minimum Gasteiger partial charge on any atom is -0.389 e. The Labute approximate surface area is 107 Å². The Balaban J connectivity index is 2.47. The lowest BCUT2D eigenvalue weighted by molar-refractivity contribution is -0.136. The van der Waals surface area contributed by atoms with Crippen molar-refractivity contribution in [2.75, 3.05) is 40.4 Å². The molecule has 0 bridgehead atoms. The summed E-state index contributed by atoms with van der Waals surface area (Å²) in [5, 5.41) is 9.57. The highest BCUT2D eigenvalue weighted by Crippen LogP contribution is 2.19. The predicted molar refractivity (Wildman–Crippen MR) is 65.9 cm³/mol. The van der Waals surface area contributed by atoms with E-state index in [1.807, 2.05) is 6.92 Å². The van der Waals surface area contributed by atoms with E-state index >= 15 is 0 Å². The first kappa shape index (κ1) is 14.9. The molecular formula is C12H22N2O4. The zero-order valence-corrected chi connectivity index (χ0v) is 11.3. The van der Waals surface area contributed by atoms with Crippen LogP contribution in [0.5, 0.6) is 0 Å². The predicted octanol–water partition coefficient (Wildman–Crippen LogP) is -0.679. The maximum atomic E-state index is 12.1. The van der Waals surface area contributed by atoms with Crippen LogP contribution < -0.4 is 0 Å². The van der Waals surface area contributed by atoms with E-state index in [9.17, 15) is 14.7 Å². The van der Waals surface area contributed by atoms with Crippen molar-refractivity contribution in [3.8, 4) is 0 Å². The maximum absolute atomic E-state index is 12.1. The lowest BCUT2D eigenvalue weighted by atomic mass is 10.1. The number of nitrogens with zero attached hydrogens (tertiary/aromatic N) is 2. The highest BCUT2D eigenvalue weighted by Gasteiger charge is 2.35. The van der Waals surface area contributed by atoms with Gasteiger partial charge in [-0.05, 0) is 6.92 Å². The van der Waals surface area contributed by atoms with Crippen LogP contribution in [0.4, 0.5) is 0 Å². The van der Waals surface area contributed by atoms with Crippen molar-refractivity contribution in [1.29, 1.82) is 0 Å². The normalized spacial score (nSPS) is 21.2. The zero-order chi connectivity index (χ0) is 13.7. The molecule has 1 heterocycles. The van der Waals surface area contributed by atoms with Crippen LogP contribution in [-0.2, 0) is 14.3 Å². The van der Waals surface area contributed by atoms with Gasteiger partial charge in [0.05, 0.1) is 18.6 Å². The van der Waals surface area contributed by atoms with Crippen molar-refractivity contribution in [2.45, 2.75) is 19.4 Å². The van der Waals surface area contributed by atoms with Gasteiger partial charge in [-0.1, -0.05) is 0 Å². The molecule has 0 spiro atoms. The highest BCUT2D eigenvalue weighted by atomic mass is 16.5. The van der Waals surface area contributed by atoms with Crippen molar-refractivity contribution in [3.63, 3.8) is 0 Å². The Kier molecular flexibility index (Phi) is 5.55. The maximum Gasteiger partial charge on any atom is 0.227 e. The number of rotatable bonds is 6. The highest BCUT2D eigenvalue weighted by molar-refractivity contribution is 5.89. The number of ether oxygens (including phenoxy) is 1. The number of amides is 2. The van der Waals surface area contributed by atoms with E-state index < -0.39 is 6.10 Å². The van der Waals surface area contributed by atoms with Crippen LogP contribution in [0.15, 0.2) is 0 Å². The van der Waals surface area contributed by atoms with E-state index in [0.717, 1.165) is 0 Å². The summed E-state index contributed by atoms with van der Waals surface area (Å²) in [6.07, 6.45) is -0.416. The lowest BCUT2D eigenvalue weighted by Crippen LogP contribution is -2.40. The topological polar surface area (TPSA) is 70.1 Å². The molecule has 0 aliphatic carbocycles. The molecule has 1 N–H and O–H groups in total. The Hall–Kier alpha value is -1.14. The van der Waals surface area contributed by atoms with E-state index in [4.69, 9.17) is 4.74 Å². The van der Waals surface area contributed by atoms with Crippen LogP contribution in [0.2, 0.25) is 0 Å². The molecule has 1 aliphatic heterocycles. The average molecular weight is 258 g/mol. The molecule has 1 aliphatic rings. The number of likely N-dealkylation sites (tertiary alicyclic amines) is 1. The van der Waals surface area contributed by atoms with Gasteiger partial charge in [-0.25, -0.2) is 0 Å². The standard InChI is InChI=1S/C12H22N2O4/c1-4-14-6-9(5-11(14)16)12(17)13(2)7-10(15)8-18-3/h9-10,15H,4-8H2,1-3H3. The molecular weight excluding hydrogens is 236 g/mol. The third-order valence-electron chi connectivity index (χ3n) is 3.17. The van der Waals surface area contributed by atoms with Crippen molar-refractivity contribution in [3.05, 3.63) is 0 Å². The van der Waals surface area contributed by atoms with Gasteiger partial charge in [0.2, 0.25) is 11.8 Å². The number of aliphatic hydroxyl groups excluding tert-OH is 1. The summed E-state index contributed by atoms with van der Waals surface area (Å²) in [6.45, 7) is 3.44. The third-order valence-corrected chi connectivity index (χ3v) is 3.17.